The van der Waals surface area contributed by atoms with E-state index in [-0.39, 0.29) is 5.91 Å². The molecule has 0 radical (unpaired) electrons. The Morgan fingerprint density at radius 1 is 1.47 bits per heavy atom. The Bertz CT molecular complexity index is 411. The highest BCUT2D eigenvalue weighted by Crippen LogP contribution is 2.11. The zero-order valence-electron chi connectivity index (χ0n) is 7.84. The van der Waals surface area contributed by atoms with Crippen molar-refractivity contribution in [3.63, 3.8) is 0 Å². The fraction of sp³-hybridized carbons (Fsp3) is 0.222. The van der Waals surface area contributed by atoms with E-state index in [0.717, 1.165) is 5.69 Å². The number of rotatable bonds is 4. The average Bonchev–Trinajstić information content (AvgIpc) is 2.86. The molecule has 2 aromatic heterocycles. The second-order valence-corrected chi connectivity index (χ2v) is 4.48. The van der Waals surface area contributed by atoms with Crippen LogP contribution in [0.15, 0.2) is 22.5 Å². The van der Waals surface area contributed by atoms with Gasteiger partial charge in [0.1, 0.15) is 0 Å². The summed E-state index contributed by atoms with van der Waals surface area (Å²) in [7, 11) is 0. The predicted octanol–water partition coefficient (Wildman–Crippen LogP) is 2.17. The summed E-state index contributed by atoms with van der Waals surface area (Å²) in [5.41, 5.74) is 2.74. The molecular formula is C9H9N3OS2. The molecule has 0 saturated heterocycles. The maximum absolute atomic E-state index is 11.4. The molecule has 0 aliphatic heterocycles. The Labute approximate surface area is 95.0 Å². The van der Waals surface area contributed by atoms with E-state index in [1.807, 2.05) is 10.8 Å². The van der Waals surface area contributed by atoms with Gasteiger partial charge in [-0.15, -0.1) is 22.7 Å². The number of nitrogens with one attached hydrogen (secondary N) is 1. The van der Waals surface area contributed by atoms with Crippen molar-refractivity contribution in [2.45, 2.75) is 12.8 Å². The van der Waals surface area contributed by atoms with Gasteiger partial charge in [0.2, 0.25) is 5.91 Å². The molecule has 2 aromatic rings. The molecule has 0 aliphatic rings. The standard InChI is InChI=1S/C9H9N3OS2/c13-8(12-9-10-3-4-15-9)2-1-7-5-14-6-11-7/h3-6H,1-2H2,(H,10,12,13). The summed E-state index contributed by atoms with van der Waals surface area (Å²) in [6.45, 7) is 0. The van der Waals surface area contributed by atoms with Crippen LogP contribution in [-0.2, 0) is 11.2 Å². The van der Waals surface area contributed by atoms with Crippen molar-refractivity contribution < 1.29 is 4.79 Å². The van der Waals surface area contributed by atoms with Gasteiger partial charge < -0.3 is 5.32 Å². The summed E-state index contributed by atoms with van der Waals surface area (Å²) < 4.78 is 0. The summed E-state index contributed by atoms with van der Waals surface area (Å²) in [6.07, 6.45) is 2.80. The van der Waals surface area contributed by atoms with E-state index in [1.54, 1.807) is 23.0 Å². The van der Waals surface area contributed by atoms with Crippen LogP contribution in [0.25, 0.3) is 0 Å². The lowest BCUT2D eigenvalue weighted by atomic mass is 10.2. The van der Waals surface area contributed by atoms with Crippen molar-refractivity contribution in [3.05, 3.63) is 28.2 Å². The number of aryl methyl sites for hydroxylation is 1. The monoisotopic (exact) mass is 239 g/mol. The Morgan fingerprint density at radius 3 is 3.07 bits per heavy atom. The second-order valence-electron chi connectivity index (χ2n) is 2.87. The molecule has 2 heterocycles. The van der Waals surface area contributed by atoms with Crippen molar-refractivity contribution in [2.24, 2.45) is 0 Å². The van der Waals surface area contributed by atoms with Crippen LogP contribution in [0.5, 0.6) is 0 Å². The number of hydrogen-bond acceptors (Lipinski definition) is 5. The number of hydrogen-bond donors (Lipinski definition) is 1. The van der Waals surface area contributed by atoms with Crippen LogP contribution in [0.2, 0.25) is 0 Å². The number of amides is 1. The molecule has 0 fully saturated rings. The lowest BCUT2D eigenvalue weighted by Crippen LogP contribution is -2.12. The molecule has 0 spiro atoms. The minimum atomic E-state index is -0.0158. The Hall–Kier alpha value is -1.27. The molecule has 0 saturated carbocycles. The molecule has 0 aliphatic carbocycles. The topological polar surface area (TPSA) is 54.9 Å². The molecule has 6 heteroatoms. The van der Waals surface area contributed by atoms with Gasteiger partial charge in [0.15, 0.2) is 5.13 Å². The van der Waals surface area contributed by atoms with Crippen molar-refractivity contribution >= 4 is 33.7 Å². The average molecular weight is 239 g/mol. The largest absolute Gasteiger partial charge is 0.302 e. The van der Waals surface area contributed by atoms with Crippen LogP contribution in [0.3, 0.4) is 0 Å². The lowest BCUT2D eigenvalue weighted by molar-refractivity contribution is -0.116. The van der Waals surface area contributed by atoms with Crippen LogP contribution in [-0.4, -0.2) is 15.9 Å². The number of nitrogens with zero attached hydrogens (tertiary/aromatic N) is 2. The van der Waals surface area contributed by atoms with Gasteiger partial charge in [0.25, 0.3) is 0 Å². The molecule has 1 amide bonds. The number of anilines is 1. The van der Waals surface area contributed by atoms with Gasteiger partial charge in [-0.3, -0.25) is 4.79 Å². The highest BCUT2D eigenvalue weighted by Gasteiger charge is 2.05. The van der Waals surface area contributed by atoms with Crippen LogP contribution in [0.4, 0.5) is 5.13 Å². The summed E-state index contributed by atoms with van der Waals surface area (Å²) in [6, 6.07) is 0. The second kappa shape index (κ2) is 4.99. The van der Waals surface area contributed by atoms with E-state index < -0.39 is 0 Å². The van der Waals surface area contributed by atoms with Gasteiger partial charge in [-0.05, 0) is 6.42 Å². The molecule has 0 bridgehead atoms. The molecule has 0 unspecified atom stereocenters. The van der Waals surface area contributed by atoms with Crippen molar-refractivity contribution in [1.82, 2.24) is 9.97 Å². The Balaban J connectivity index is 1.78. The first-order valence-electron chi connectivity index (χ1n) is 4.41. The minimum Gasteiger partial charge on any atom is -0.302 e. The van der Waals surface area contributed by atoms with Crippen LogP contribution < -0.4 is 5.32 Å². The Morgan fingerprint density at radius 2 is 2.40 bits per heavy atom. The first-order valence-corrected chi connectivity index (χ1v) is 6.23. The Kier molecular flexibility index (Phi) is 3.41. The third kappa shape index (κ3) is 3.10. The quantitative estimate of drug-likeness (QED) is 0.889. The third-order valence-electron chi connectivity index (χ3n) is 1.77. The zero-order chi connectivity index (χ0) is 10.5. The molecule has 2 rings (SSSR count). The zero-order valence-corrected chi connectivity index (χ0v) is 9.48. The van der Waals surface area contributed by atoms with E-state index in [2.05, 4.69) is 15.3 Å². The van der Waals surface area contributed by atoms with Crippen LogP contribution in [0.1, 0.15) is 12.1 Å². The van der Waals surface area contributed by atoms with E-state index in [0.29, 0.717) is 18.0 Å². The van der Waals surface area contributed by atoms with Gasteiger partial charge in [-0.25, -0.2) is 9.97 Å². The van der Waals surface area contributed by atoms with Gasteiger partial charge in [-0.1, -0.05) is 0 Å². The molecule has 0 atom stereocenters. The fourth-order valence-electron chi connectivity index (χ4n) is 1.07. The summed E-state index contributed by atoms with van der Waals surface area (Å²) in [5.74, 6) is -0.0158. The first kappa shape index (κ1) is 10.3. The number of thiazole rings is 2. The maximum atomic E-state index is 11.4. The fourth-order valence-corrected chi connectivity index (χ4v) is 2.21. The van der Waals surface area contributed by atoms with Crippen LogP contribution >= 0.6 is 22.7 Å². The summed E-state index contributed by atoms with van der Waals surface area (Å²) >= 11 is 2.96. The molecule has 1 N–H and O–H groups in total. The lowest BCUT2D eigenvalue weighted by Gasteiger charge is -1.99. The third-order valence-corrected chi connectivity index (χ3v) is 3.09. The molecular weight excluding hydrogens is 230 g/mol. The van der Waals surface area contributed by atoms with Crippen molar-refractivity contribution in [3.8, 4) is 0 Å². The minimum absolute atomic E-state index is 0.0158. The van der Waals surface area contributed by atoms with E-state index >= 15 is 0 Å². The number of aromatic nitrogens is 2. The predicted molar refractivity (Wildman–Crippen MR) is 61.2 cm³/mol. The highest BCUT2D eigenvalue weighted by molar-refractivity contribution is 7.13. The van der Waals surface area contributed by atoms with E-state index in [9.17, 15) is 4.79 Å². The molecule has 78 valence electrons. The SMILES string of the molecule is O=C(CCc1cscn1)Nc1nccs1. The summed E-state index contributed by atoms with van der Waals surface area (Å²) in [5, 5.41) is 7.16. The molecule has 0 aromatic carbocycles. The smallest absolute Gasteiger partial charge is 0.226 e. The van der Waals surface area contributed by atoms with Crippen molar-refractivity contribution in [2.75, 3.05) is 5.32 Å². The number of carbonyl (C=O) groups is 1. The number of carbonyl (C=O) groups excluding carboxylic acids is 1. The highest BCUT2D eigenvalue weighted by atomic mass is 32.1. The molecule has 15 heavy (non-hydrogen) atoms. The van der Waals surface area contributed by atoms with Crippen molar-refractivity contribution in [1.29, 1.82) is 0 Å². The maximum Gasteiger partial charge on any atom is 0.226 e. The van der Waals surface area contributed by atoms with E-state index in [1.165, 1.54) is 11.3 Å². The summed E-state index contributed by atoms with van der Waals surface area (Å²) in [4.78, 5) is 19.5. The van der Waals surface area contributed by atoms with Gasteiger partial charge in [0.05, 0.1) is 11.2 Å². The normalized spacial score (nSPS) is 10.1. The van der Waals surface area contributed by atoms with Gasteiger partial charge in [0, 0.05) is 23.4 Å². The molecule has 4 nitrogen and oxygen atoms in total. The van der Waals surface area contributed by atoms with Gasteiger partial charge in [-0.2, -0.15) is 0 Å². The van der Waals surface area contributed by atoms with Gasteiger partial charge >= 0.3 is 0 Å². The van der Waals surface area contributed by atoms with E-state index in [4.69, 9.17) is 0 Å². The van der Waals surface area contributed by atoms with Crippen LogP contribution in [0, 0.1) is 0 Å². The first-order chi connectivity index (χ1) is 7.34.